The van der Waals surface area contributed by atoms with Crippen LogP contribution in [0.3, 0.4) is 0 Å². The number of phenolic OH excluding ortho intramolecular Hbond substituents is 1. The number of nitrogens with zero attached hydrogens (tertiary/aromatic N) is 1. The van der Waals surface area contributed by atoms with Crippen molar-refractivity contribution >= 4 is 29.0 Å². The number of phenols is 1. The van der Waals surface area contributed by atoms with Gasteiger partial charge in [-0.25, -0.2) is 0 Å². The fourth-order valence-corrected chi connectivity index (χ4v) is 1.99. The highest BCUT2D eigenvalue weighted by molar-refractivity contribution is 7.80. The Labute approximate surface area is 118 Å². The molecule has 0 aromatic heterocycles. The second-order valence-electron chi connectivity index (χ2n) is 4.03. The maximum absolute atomic E-state index is 9.68. The Balaban J connectivity index is 3.02. The molecule has 0 saturated carbocycles. The van der Waals surface area contributed by atoms with Crippen molar-refractivity contribution < 1.29 is 5.11 Å². The maximum atomic E-state index is 9.68. The quantitative estimate of drug-likeness (QED) is 0.293. The van der Waals surface area contributed by atoms with E-state index < -0.39 is 0 Å². The molecule has 0 saturated heterocycles. The van der Waals surface area contributed by atoms with Crippen molar-refractivity contribution in [2.45, 2.75) is 26.7 Å². The molecule has 0 aliphatic carbocycles. The number of aryl methyl sites for hydroxylation is 2. The number of anilines is 1. The van der Waals surface area contributed by atoms with Gasteiger partial charge in [0, 0.05) is 12.7 Å². The topological polar surface area (TPSA) is 82.7 Å². The predicted molar refractivity (Wildman–Crippen MR) is 83.8 cm³/mol. The molecular formula is C13H20N4OS. The zero-order valence-electron chi connectivity index (χ0n) is 11.4. The Morgan fingerprint density at radius 2 is 1.84 bits per heavy atom. The van der Waals surface area contributed by atoms with E-state index in [-0.39, 0.29) is 11.7 Å². The molecule has 19 heavy (non-hydrogen) atoms. The largest absolute Gasteiger partial charge is 0.508 e. The van der Waals surface area contributed by atoms with Crippen LogP contribution in [0, 0.1) is 0 Å². The summed E-state index contributed by atoms with van der Waals surface area (Å²) in [5.74, 6) is 0.528. The number of rotatable bonds is 3. The first kappa shape index (κ1) is 15.2. The monoisotopic (exact) mass is 280 g/mol. The number of nitrogens with two attached hydrogens (primary N) is 1. The van der Waals surface area contributed by atoms with Crippen LogP contribution >= 0.6 is 12.2 Å². The second kappa shape index (κ2) is 6.94. The van der Waals surface area contributed by atoms with E-state index in [2.05, 4.69) is 15.6 Å². The summed E-state index contributed by atoms with van der Waals surface area (Å²) >= 11 is 5.18. The third-order valence-electron chi connectivity index (χ3n) is 2.77. The van der Waals surface area contributed by atoms with Gasteiger partial charge in [-0.2, -0.15) is 0 Å². The first-order chi connectivity index (χ1) is 9.01. The Kier molecular flexibility index (Phi) is 5.57. The van der Waals surface area contributed by atoms with E-state index in [1.54, 1.807) is 19.2 Å². The summed E-state index contributed by atoms with van der Waals surface area (Å²) in [5.41, 5.74) is 8.50. The lowest BCUT2D eigenvalue weighted by Crippen LogP contribution is -2.39. The van der Waals surface area contributed by atoms with Crippen molar-refractivity contribution in [2.75, 3.05) is 12.4 Å². The first-order valence-electron chi connectivity index (χ1n) is 6.16. The molecule has 5 nitrogen and oxygen atoms in total. The molecule has 1 aromatic rings. The van der Waals surface area contributed by atoms with Crippen molar-refractivity contribution in [3.8, 4) is 5.75 Å². The number of benzene rings is 1. The zero-order chi connectivity index (χ0) is 14.4. The highest BCUT2D eigenvalue weighted by atomic mass is 32.1. The van der Waals surface area contributed by atoms with E-state index in [0.29, 0.717) is 5.11 Å². The molecule has 1 aromatic carbocycles. The summed E-state index contributed by atoms with van der Waals surface area (Å²) in [6.45, 7) is 4.05. The fourth-order valence-electron chi connectivity index (χ4n) is 1.78. The summed E-state index contributed by atoms with van der Waals surface area (Å²) in [5, 5.41) is 16.0. The lowest BCUT2D eigenvalue weighted by molar-refractivity contribution is 0.474. The minimum atomic E-state index is 0.257. The molecule has 0 bridgehead atoms. The van der Waals surface area contributed by atoms with Crippen LogP contribution in [0.4, 0.5) is 5.69 Å². The number of hydrogen-bond acceptors (Lipinski definition) is 3. The van der Waals surface area contributed by atoms with Crippen LogP contribution in [0.5, 0.6) is 5.75 Å². The number of aromatic hydroxyl groups is 1. The van der Waals surface area contributed by atoms with Gasteiger partial charge in [-0.3, -0.25) is 4.99 Å². The molecule has 1 rings (SSSR count). The molecule has 0 atom stereocenters. The van der Waals surface area contributed by atoms with E-state index in [1.807, 2.05) is 13.8 Å². The van der Waals surface area contributed by atoms with E-state index in [9.17, 15) is 5.11 Å². The Morgan fingerprint density at radius 3 is 2.26 bits per heavy atom. The van der Waals surface area contributed by atoms with E-state index in [1.165, 1.54) is 0 Å². The summed E-state index contributed by atoms with van der Waals surface area (Å²) in [6.07, 6.45) is 1.59. The van der Waals surface area contributed by atoms with Gasteiger partial charge in [-0.15, -0.1) is 0 Å². The normalized spacial score (nSPS) is 11.2. The standard InChI is InChI=1S/C13H20N4OS/c1-4-8-6-10(18)7-9(5-2)11(8)16-13(19)17-12(14)15-3/h6-7,18H,4-5H2,1-3H3,(H4,14,15,16,17,19). The van der Waals surface area contributed by atoms with Gasteiger partial charge in [0.1, 0.15) is 5.75 Å². The molecule has 0 spiro atoms. The van der Waals surface area contributed by atoms with Gasteiger partial charge >= 0.3 is 0 Å². The van der Waals surface area contributed by atoms with E-state index >= 15 is 0 Å². The van der Waals surface area contributed by atoms with Crippen LogP contribution in [0.2, 0.25) is 0 Å². The molecular weight excluding hydrogens is 260 g/mol. The number of guanidine groups is 1. The van der Waals surface area contributed by atoms with E-state index in [4.69, 9.17) is 18.0 Å². The van der Waals surface area contributed by atoms with Gasteiger partial charge in [0.25, 0.3) is 0 Å². The highest BCUT2D eigenvalue weighted by Gasteiger charge is 2.10. The SMILES string of the molecule is CCc1cc(O)cc(CC)c1NC(=S)NC(N)=NC. The van der Waals surface area contributed by atoms with Crippen LogP contribution in [-0.4, -0.2) is 23.2 Å². The summed E-state index contributed by atoms with van der Waals surface area (Å²) in [6, 6.07) is 3.47. The number of nitrogens with one attached hydrogen (secondary N) is 2. The first-order valence-corrected chi connectivity index (χ1v) is 6.57. The van der Waals surface area contributed by atoms with Gasteiger partial charge in [0.2, 0.25) is 0 Å². The number of aliphatic imine (C=N–C) groups is 1. The maximum Gasteiger partial charge on any atom is 0.194 e. The van der Waals surface area contributed by atoms with Gasteiger partial charge < -0.3 is 21.5 Å². The van der Waals surface area contributed by atoms with Crippen molar-refractivity contribution in [1.29, 1.82) is 0 Å². The Morgan fingerprint density at radius 1 is 1.32 bits per heavy atom. The average molecular weight is 280 g/mol. The van der Waals surface area contributed by atoms with Crippen molar-refractivity contribution in [2.24, 2.45) is 10.7 Å². The van der Waals surface area contributed by atoms with Crippen LogP contribution in [0.1, 0.15) is 25.0 Å². The molecule has 0 aliphatic heterocycles. The van der Waals surface area contributed by atoms with Crippen molar-refractivity contribution in [3.63, 3.8) is 0 Å². The predicted octanol–water partition coefficient (Wildman–Crippen LogP) is 1.75. The van der Waals surface area contributed by atoms with Gasteiger partial charge in [-0.1, -0.05) is 13.8 Å². The zero-order valence-corrected chi connectivity index (χ0v) is 12.3. The average Bonchev–Trinajstić information content (AvgIpc) is 2.39. The van der Waals surface area contributed by atoms with Crippen molar-refractivity contribution in [1.82, 2.24) is 5.32 Å². The lowest BCUT2D eigenvalue weighted by Gasteiger charge is -2.17. The molecule has 0 aliphatic rings. The molecule has 0 heterocycles. The van der Waals surface area contributed by atoms with Crippen LogP contribution < -0.4 is 16.4 Å². The molecule has 0 radical (unpaired) electrons. The lowest BCUT2D eigenvalue weighted by atomic mass is 10.0. The van der Waals surface area contributed by atoms with Crippen LogP contribution in [-0.2, 0) is 12.8 Å². The second-order valence-corrected chi connectivity index (χ2v) is 4.44. The minimum Gasteiger partial charge on any atom is -0.508 e. The molecule has 0 fully saturated rings. The summed E-state index contributed by atoms with van der Waals surface area (Å²) in [7, 11) is 1.58. The minimum absolute atomic E-state index is 0.257. The summed E-state index contributed by atoms with van der Waals surface area (Å²) in [4.78, 5) is 3.79. The van der Waals surface area contributed by atoms with Gasteiger partial charge in [0.15, 0.2) is 11.1 Å². The van der Waals surface area contributed by atoms with Gasteiger partial charge in [-0.05, 0) is 48.3 Å². The highest BCUT2D eigenvalue weighted by Crippen LogP contribution is 2.27. The number of thiocarbonyl (C=S) groups is 1. The Hall–Kier alpha value is -1.82. The smallest absolute Gasteiger partial charge is 0.194 e. The van der Waals surface area contributed by atoms with E-state index in [0.717, 1.165) is 29.7 Å². The molecule has 5 N–H and O–H groups in total. The van der Waals surface area contributed by atoms with Crippen LogP contribution in [0.25, 0.3) is 0 Å². The molecule has 104 valence electrons. The molecule has 0 amide bonds. The van der Waals surface area contributed by atoms with Gasteiger partial charge in [0.05, 0.1) is 0 Å². The van der Waals surface area contributed by atoms with Crippen molar-refractivity contribution in [3.05, 3.63) is 23.3 Å². The number of hydrogen-bond donors (Lipinski definition) is 4. The molecule has 0 unspecified atom stereocenters. The fraction of sp³-hybridized carbons (Fsp3) is 0.385. The summed E-state index contributed by atoms with van der Waals surface area (Å²) < 4.78 is 0. The Bertz CT molecular complexity index is 474. The molecule has 6 heteroatoms. The van der Waals surface area contributed by atoms with Crippen LogP contribution in [0.15, 0.2) is 17.1 Å². The third kappa shape index (κ3) is 4.10. The third-order valence-corrected chi connectivity index (χ3v) is 2.97.